The predicted molar refractivity (Wildman–Crippen MR) is 137 cm³/mol. The Bertz CT molecular complexity index is 518. The third-order valence-electron chi connectivity index (χ3n) is 4.55. The first-order valence-corrected chi connectivity index (χ1v) is 12.1. The molecule has 0 radical (unpaired) electrons. The number of carboxylic acid groups (broad SMARTS) is 2. The molecule has 4 atom stereocenters. The predicted octanol–water partition coefficient (Wildman–Crippen LogP) is -2.34. The Balaban J connectivity index is -0.000000569. The van der Waals surface area contributed by atoms with Gasteiger partial charge in [-0.15, -0.1) is 0 Å². The zero-order valence-corrected chi connectivity index (χ0v) is 24.1. The van der Waals surface area contributed by atoms with E-state index in [1.165, 1.54) is 13.8 Å². The molecule has 0 fully saturated rings. The molecule has 0 aliphatic carbocycles. The van der Waals surface area contributed by atoms with Crippen LogP contribution < -0.4 is 31.5 Å². The number of hydrogen-bond donors (Lipinski definition) is 6. The molecule has 0 aromatic heterocycles. The van der Waals surface area contributed by atoms with Gasteiger partial charge in [-0.25, -0.2) is 0 Å². The summed E-state index contributed by atoms with van der Waals surface area (Å²) in [6.45, 7) is 10.5. The largest absolute Gasteiger partial charge is 2.00 e. The topological polar surface area (TPSA) is 169 Å². The third kappa shape index (κ3) is 29.6. The van der Waals surface area contributed by atoms with Crippen molar-refractivity contribution >= 4 is 49.7 Å². The molecule has 0 bridgehead atoms. The first-order valence-electron chi connectivity index (χ1n) is 12.1. The van der Waals surface area contributed by atoms with Crippen LogP contribution in [-0.4, -0.2) is 123 Å². The summed E-state index contributed by atoms with van der Waals surface area (Å²) in [6, 6.07) is -1.29. The molecule has 0 spiro atoms. The summed E-state index contributed by atoms with van der Waals surface area (Å²) >= 11 is 0. The Morgan fingerprint density at radius 2 is 1.09 bits per heavy atom. The van der Waals surface area contributed by atoms with E-state index in [2.05, 4.69) is 35.1 Å². The van der Waals surface area contributed by atoms with Crippen molar-refractivity contribution in [1.29, 1.82) is 0 Å². The zero-order valence-electron chi connectivity index (χ0n) is 21.9. The van der Waals surface area contributed by atoms with Crippen LogP contribution in [0.15, 0.2) is 24.3 Å². The van der Waals surface area contributed by atoms with Gasteiger partial charge in [-0.2, -0.15) is 0 Å². The molecule has 6 N–H and O–H groups in total. The van der Waals surface area contributed by atoms with Crippen LogP contribution in [-0.2, 0) is 9.59 Å². The molecule has 0 rings (SSSR count). The van der Waals surface area contributed by atoms with Crippen molar-refractivity contribution in [3.05, 3.63) is 24.3 Å². The minimum Gasteiger partial charge on any atom is -0.548 e. The molecular formula is C24H46CaN4O6. The van der Waals surface area contributed by atoms with Crippen molar-refractivity contribution < 1.29 is 30.0 Å². The van der Waals surface area contributed by atoms with Crippen molar-refractivity contribution in [3.63, 3.8) is 0 Å². The molecule has 11 heteroatoms. The van der Waals surface area contributed by atoms with Crippen molar-refractivity contribution in [3.8, 4) is 0 Å². The molecule has 0 amide bonds. The second-order valence-electron chi connectivity index (χ2n) is 7.97. The van der Waals surface area contributed by atoms with E-state index in [4.69, 9.17) is 0 Å². The number of aliphatic hydroxyl groups excluding tert-OH is 2. The first-order chi connectivity index (χ1) is 16.1. The fraction of sp³-hybridized carbons (Fsp3) is 0.750. The van der Waals surface area contributed by atoms with Gasteiger partial charge in [-0.3, -0.25) is 0 Å². The number of carboxylic acids is 2. The Kier molecular flexibility index (Phi) is 31.2. The molecular weight excluding hydrogens is 480 g/mol. The average molecular weight is 527 g/mol. The van der Waals surface area contributed by atoms with Gasteiger partial charge in [0.25, 0.3) is 0 Å². The van der Waals surface area contributed by atoms with E-state index in [9.17, 15) is 30.0 Å². The molecule has 10 nitrogen and oxygen atoms in total. The van der Waals surface area contributed by atoms with E-state index in [1.54, 1.807) is 12.2 Å². The molecule has 0 aliphatic rings. The Labute approximate surface area is 241 Å². The van der Waals surface area contributed by atoms with E-state index in [1.807, 2.05) is 12.2 Å². The van der Waals surface area contributed by atoms with Gasteiger partial charge >= 0.3 is 37.7 Å². The van der Waals surface area contributed by atoms with Crippen molar-refractivity contribution in [2.24, 2.45) is 0 Å². The summed E-state index contributed by atoms with van der Waals surface area (Å²) in [5, 5.41) is 51.4. The Hall–Kier alpha value is -0.560. The van der Waals surface area contributed by atoms with Crippen molar-refractivity contribution in [2.45, 2.75) is 77.7 Å². The number of unbranched alkanes of at least 4 members (excludes halogenated alkanes) is 2. The van der Waals surface area contributed by atoms with E-state index in [-0.39, 0.29) is 37.7 Å². The molecule has 4 unspecified atom stereocenters. The number of carbonyl (C=O) groups excluding carboxylic acids is 2. The molecule has 200 valence electrons. The molecule has 35 heavy (non-hydrogen) atoms. The molecule has 0 heterocycles. The number of allylic oxidation sites excluding steroid dienone is 2. The smallest absolute Gasteiger partial charge is 0.548 e. The van der Waals surface area contributed by atoms with Gasteiger partial charge in [0, 0.05) is 51.4 Å². The van der Waals surface area contributed by atoms with E-state index in [0.717, 1.165) is 25.7 Å². The van der Waals surface area contributed by atoms with E-state index in [0.29, 0.717) is 39.3 Å². The van der Waals surface area contributed by atoms with Crippen molar-refractivity contribution in [1.82, 2.24) is 21.3 Å². The maximum absolute atomic E-state index is 10.4. The van der Waals surface area contributed by atoms with Crippen LogP contribution in [0.5, 0.6) is 0 Å². The van der Waals surface area contributed by atoms with Gasteiger partial charge in [-0.1, -0.05) is 51.0 Å². The number of hydrogen-bond acceptors (Lipinski definition) is 10. The Morgan fingerprint density at radius 3 is 1.37 bits per heavy atom. The van der Waals surface area contributed by atoms with Crippen LogP contribution in [0.4, 0.5) is 0 Å². The number of nitrogens with one attached hydrogen (secondary N) is 4. The third-order valence-corrected chi connectivity index (χ3v) is 4.55. The number of rotatable bonds is 20. The summed E-state index contributed by atoms with van der Waals surface area (Å²) in [6.07, 6.45) is 10.6. The number of aliphatic hydroxyl groups is 2. The molecule has 0 aliphatic heterocycles. The van der Waals surface area contributed by atoms with Gasteiger partial charge in [0.15, 0.2) is 0 Å². The minimum atomic E-state index is -1.10. The zero-order chi connectivity index (χ0) is 26.2. The minimum absolute atomic E-state index is 0. The first kappa shape index (κ1) is 39.0. The second kappa shape index (κ2) is 28.0. The maximum atomic E-state index is 10.4. The van der Waals surface area contributed by atoms with Crippen LogP contribution >= 0.6 is 0 Å². The number of carbonyl (C=O) groups is 2. The van der Waals surface area contributed by atoms with Gasteiger partial charge in [0.05, 0.1) is 24.1 Å². The summed E-state index contributed by atoms with van der Waals surface area (Å²) in [4.78, 5) is 20.7. The van der Waals surface area contributed by atoms with E-state index < -0.39 is 36.2 Å². The second-order valence-corrected chi connectivity index (χ2v) is 7.97. The fourth-order valence-corrected chi connectivity index (χ4v) is 2.40. The standard InChI is InChI=1S/2C12H24N2O3.Ca/c2*1-3-4-5-6-11(15)9-13-7-8-14-10(2)12(16)17;/h2*5-6,10-11,13-15H,3-4,7-9H2,1-2H3,(H,16,17);/q;;+2/p-2/b2*6-5+;. The number of aliphatic carboxylic acids is 2. The molecule has 0 saturated heterocycles. The fourth-order valence-electron chi connectivity index (χ4n) is 2.40. The van der Waals surface area contributed by atoms with Crippen LogP contribution in [0, 0.1) is 0 Å². The normalized spacial score (nSPS) is 14.6. The van der Waals surface area contributed by atoms with Crippen LogP contribution in [0.1, 0.15) is 53.4 Å². The Morgan fingerprint density at radius 1 is 0.743 bits per heavy atom. The van der Waals surface area contributed by atoms with Gasteiger partial charge in [-0.05, 0) is 26.7 Å². The summed E-state index contributed by atoms with van der Waals surface area (Å²) in [5.74, 6) is -2.21. The summed E-state index contributed by atoms with van der Waals surface area (Å²) < 4.78 is 0. The quantitative estimate of drug-likeness (QED) is 0.0574. The van der Waals surface area contributed by atoms with E-state index >= 15 is 0 Å². The maximum Gasteiger partial charge on any atom is 2.00 e. The van der Waals surface area contributed by atoms with Crippen LogP contribution in [0.3, 0.4) is 0 Å². The van der Waals surface area contributed by atoms with Crippen LogP contribution in [0.25, 0.3) is 0 Å². The van der Waals surface area contributed by atoms with Gasteiger partial charge < -0.3 is 51.3 Å². The average Bonchev–Trinajstić information content (AvgIpc) is 2.79. The van der Waals surface area contributed by atoms with Gasteiger partial charge in [0.2, 0.25) is 0 Å². The molecule has 0 aromatic carbocycles. The van der Waals surface area contributed by atoms with Crippen LogP contribution in [0.2, 0.25) is 0 Å². The molecule has 0 aromatic rings. The monoisotopic (exact) mass is 526 g/mol. The van der Waals surface area contributed by atoms with Crippen molar-refractivity contribution in [2.75, 3.05) is 39.3 Å². The van der Waals surface area contributed by atoms with Gasteiger partial charge in [0.1, 0.15) is 0 Å². The molecule has 0 saturated carbocycles. The summed E-state index contributed by atoms with van der Waals surface area (Å²) in [7, 11) is 0. The summed E-state index contributed by atoms with van der Waals surface area (Å²) in [5.41, 5.74) is 0. The SMILES string of the molecule is CCC/C=C/C(O)CNCCNC(C)C(=O)[O-].CCC/C=C/C(O)CNCCNC(C)C(=O)[O-].[Ca+2].